The van der Waals surface area contributed by atoms with Crippen LogP contribution in [0.5, 0.6) is 11.6 Å². The van der Waals surface area contributed by atoms with Gasteiger partial charge in [-0.2, -0.15) is 4.98 Å². The van der Waals surface area contributed by atoms with Crippen molar-refractivity contribution in [1.29, 1.82) is 0 Å². The topological polar surface area (TPSA) is 88.1 Å². The van der Waals surface area contributed by atoms with E-state index in [0.29, 0.717) is 24.7 Å². The first kappa shape index (κ1) is 24.8. The Morgan fingerprint density at radius 1 is 1.00 bits per heavy atom. The maximum absolute atomic E-state index is 13.0. The molecule has 0 aliphatic heterocycles. The van der Waals surface area contributed by atoms with Gasteiger partial charge in [0.15, 0.2) is 5.82 Å². The summed E-state index contributed by atoms with van der Waals surface area (Å²) < 4.78 is 23.9. The minimum Gasteiger partial charge on any atom is -0.444 e. The van der Waals surface area contributed by atoms with Crippen molar-refractivity contribution in [3.8, 4) is 11.6 Å². The summed E-state index contributed by atoms with van der Waals surface area (Å²) in [6.45, 7) is 6.10. The van der Waals surface area contributed by atoms with Gasteiger partial charge >= 0.3 is 6.09 Å². The first-order chi connectivity index (χ1) is 14.9. The van der Waals surface area contributed by atoms with Crippen molar-refractivity contribution in [3.63, 3.8) is 0 Å². The summed E-state index contributed by atoms with van der Waals surface area (Å²) in [6, 6.07) is 5.60. The number of aromatic nitrogens is 2. The molecule has 2 aromatic rings. The first-order valence-electron chi connectivity index (χ1n) is 10.1. The molecule has 0 radical (unpaired) electrons. The number of amides is 2. The molecule has 0 unspecified atom stereocenters. The third-order valence-electron chi connectivity index (χ3n) is 4.30. The zero-order chi connectivity index (χ0) is 23.9. The average Bonchev–Trinajstić information content (AvgIpc) is 2.72. The lowest BCUT2D eigenvalue weighted by molar-refractivity contribution is -0.130. The van der Waals surface area contributed by atoms with Gasteiger partial charge in [0, 0.05) is 34.2 Å². The number of rotatable bonds is 8. The van der Waals surface area contributed by atoms with Crippen LogP contribution in [0.2, 0.25) is 0 Å². The molecule has 2 rings (SSSR count). The van der Waals surface area contributed by atoms with Crippen molar-refractivity contribution in [3.05, 3.63) is 42.5 Å². The molecule has 0 atom stereocenters. The highest BCUT2D eigenvalue weighted by molar-refractivity contribution is 5.82. The summed E-state index contributed by atoms with van der Waals surface area (Å²) in [5.41, 5.74) is -0.626. The maximum Gasteiger partial charge on any atom is 0.410 e. The molecule has 0 spiro atoms. The Kier molecular flexibility index (Phi) is 8.34. The van der Waals surface area contributed by atoms with E-state index in [9.17, 15) is 14.0 Å². The van der Waals surface area contributed by atoms with Gasteiger partial charge in [-0.3, -0.25) is 9.78 Å². The molecule has 0 N–H and O–H groups in total. The van der Waals surface area contributed by atoms with Crippen molar-refractivity contribution in [1.82, 2.24) is 19.8 Å². The summed E-state index contributed by atoms with van der Waals surface area (Å²) in [4.78, 5) is 37.6. The van der Waals surface area contributed by atoms with Crippen LogP contribution in [0.4, 0.5) is 15.0 Å². The number of likely N-dealkylation sites (N-methyl/N-ethyl adjacent to an activating group) is 3. The quantitative estimate of drug-likeness (QED) is 0.614. The molecule has 2 amide bonds. The van der Waals surface area contributed by atoms with Gasteiger partial charge < -0.3 is 24.2 Å². The van der Waals surface area contributed by atoms with E-state index in [1.165, 1.54) is 47.3 Å². The molecule has 9 nitrogen and oxygen atoms in total. The molecule has 1 aromatic carbocycles. The molecule has 0 aliphatic carbocycles. The summed E-state index contributed by atoms with van der Waals surface area (Å²) >= 11 is 0. The van der Waals surface area contributed by atoms with E-state index in [2.05, 4.69) is 9.97 Å². The Bertz CT molecular complexity index is 917. The average molecular weight is 448 g/mol. The molecule has 0 saturated heterocycles. The van der Waals surface area contributed by atoms with Gasteiger partial charge in [-0.25, -0.2) is 9.18 Å². The predicted octanol–water partition coefficient (Wildman–Crippen LogP) is 3.17. The smallest absolute Gasteiger partial charge is 0.410 e. The number of halogens is 1. The van der Waals surface area contributed by atoms with Gasteiger partial charge in [-0.15, -0.1) is 0 Å². The molecule has 32 heavy (non-hydrogen) atoms. The lowest BCUT2D eigenvalue weighted by Gasteiger charge is -2.27. The fraction of sp³-hybridized carbons (Fsp3) is 0.455. The van der Waals surface area contributed by atoms with Crippen molar-refractivity contribution in [2.75, 3.05) is 45.7 Å². The van der Waals surface area contributed by atoms with Crippen LogP contribution >= 0.6 is 0 Å². The summed E-state index contributed by atoms with van der Waals surface area (Å²) in [5.74, 6) is 0.694. The second kappa shape index (κ2) is 10.7. The number of nitrogens with zero attached hydrogens (tertiary/aromatic N) is 5. The second-order valence-corrected chi connectivity index (χ2v) is 8.34. The van der Waals surface area contributed by atoms with Crippen LogP contribution in [-0.2, 0) is 9.53 Å². The number of carbonyl (C=O) groups excluding carboxylic acids is 2. The lowest BCUT2D eigenvalue weighted by atomic mass is 10.2. The van der Waals surface area contributed by atoms with Gasteiger partial charge in [0.05, 0.1) is 12.4 Å². The molecular weight excluding hydrogens is 417 g/mol. The first-order valence-corrected chi connectivity index (χ1v) is 10.1. The van der Waals surface area contributed by atoms with E-state index in [1.807, 2.05) is 11.9 Å². The summed E-state index contributed by atoms with van der Waals surface area (Å²) in [6.07, 6.45) is 2.49. The largest absolute Gasteiger partial charge is 0.444 e. The predicted molar refractivity (Wildman–Crippen MR) is 118 cm³/mol. The Hall–Kier alpha value is -3.43. The number of benzene rings is 1. The highest BCUT2D eigenvalue weighted by atomic mass is 19.1. The number of ether oxygens (including phenoxy) is 2. The second-order valence-electron chi connectivity index (χ2n) is 8.34. The Balaban J connectivity index is 1.87. The molecule has 0 aliphatic rings. The third-order valence-corrected chi connectivity index (χ3v) is 4.30. The van der Waals surface area contributed by atoms with Crippen LogP contribution in [0, 0.1) is 5.82 Å². The fourth-order valence-corrected chi connectivity index (χ4v) is 2.46. The van der Waals surface area contributed by atoms with Gasteiger partial charge in [0.1, 0.15) is 23.7 Å². The Morgan fingerprint density at radius 3 is 2.28 bits per heavy atom. The maximum atomic E-state index is 13.0. The normalized spacial score (nSPS) is 11.0. The summed E-state index contributed by atoms with van der Waals surface area (Å²) in [7, 11) is 5.00. The molecule has 0 fully saturated rings. The van der Waals surface area contributed by atoms with Crippen molar-refractivity contribution in [2.45, 2.75) is 26.4 Å². The van der Waals surface area contributed by atoms with E-state index in [1.54, 1.807) is 34.0 Å². The number of carbonyl (C=O) groups is 2. The Labute approximate surface area is 187 Å². The van der Waals surface area contributed by atoms with E-state index < -0.39 is 11.7 Å². The summed E-state index contributed by atoms with van der Waals surface area (Å²) in [5, 5.41) is 0. The lowest BCUT2D eigenvalue weighted by Crippen LogP contribution is -2.43. The van der Waals surface area contributed by atoms with E-state index >= 15 is 0 Å². The van der Waals surface area contributed by atoms with Crippen LogP contribution < -0.4 is 9.64 Å². The van der Waals surface area contributed by atoms with Gasteiger partial charge in [-0.05, 0) is 45.0 Å². The molecule has 0 saturated carbocycles. The van der Waals surface area contributed by atoms with Gasteiger partial charge in [0.25, 0.3) is 0 Å². The monoisotopic (exact) mass is 447 g/mol. The van der Waals surface area contributed by atoms with Gasteiger partial charge in [-0.1, -0.05) is 0 Å². The number of hydrogen-bond acceptors (Lipinski definition) is 7. The molecule has 1 heterocycles. The van der Waals surface area contributed by atoms with Crippen molar-refractivity contribution >= 4 is 17.8 Å². The van der Waals surface area contributed by atoms with Crippen LogP contribution in [0.3, 0.4) is 0 Å². The minimum absolute atomic E-state index is 0.0874. The van der Waals surface area contributed by atoms with E-state index in [0.717, 1.165) is 0 Å². The minimum atomic E-state index is -0.626. The van der Waals surface area contributed by atoms with Gasteiger partial charge in [0.2, 0.25) is 11.8 Å². The number of hydrogen-bond donors (Lipinski definition) is 0. The standard InChI is InChI=1S/C22H30FN5O4/c1-22(2,3)32-21(30)28(6)15-20(29)27(5)12-11-26(4)18-13-24-14-19(25-18)31-17-9-7-16(23)8-10-17/h7-10,13-14H,11-12,15H2,1-6H3. The Morgan fingerprint density at radius 2 is 1.66 bits per heavy atom. The van der Waals surface area contributed by atoms with Crippen LogP contribution in [-0.4, -0.2) is 78.1 Å². The van der Waals surface area contributed by atoms with Crippen molar-refractivity contribution in [2.24, 2.45) is 0 Å². The zero-order valence-electron chi connectivity index (χ0n) is 19.3. The van der Waals surface area contributed by atoms with Crippen LogP contribution in [0.25, 0.3) is 0 Å². The van der Waals surface area contributed by atoms with E-state index in [4.69, 9.17) is 9.47 Å². The zero-order valence-corrected chi connectivity index (χ0v) is 19.3. The molecule has 1 aromatic heterocycles. The SMILES string of the molecule is CN(CCN(C)c1cncc(Oc2ccc(F)cc2)n1)C(=O)CN(C)C(=O)OC(C)(C)C. The number of anilines is 1. The van der Waals surface area contributed by atoms with E-state index in [-0.39, 0.29) is 24.1 Å². The highest BCUT2D eigenvalue weighted by Crippen LogP contribution is 2.21. The molecule has 174 valence electrons. The molecule has 10 heteroatoms. The van der Waals surface area contributed by atoms with Crippen LogP contribution in [0.1, 0.15) is 20.8 Å². The third kappa shape index (κ3) is 8.01. The fourth-order valence-electron chi connectivity index (χ4n) is 2.46. The van der Waals surface area contributed by atoms with Crippen molar-refractivity contribution < 1.29 is 23.5 Å². The highest BCUT2D eigenvalue weighted by Gasteiger charge is 2.22. The molecular formula is C22H30FN5O4. The van der Waals surface area contributed by atoms with Crippen LogP contribution in [0.15, 0.2) is 36.7 Å². The molecule has 0 bridgehead atoms.